The fraction of sp³-hybridized carbons (Fsp3) is 0.556. The maximum absolute atomic E-state index is 11.9. The van der Waals surface area contributed by atoms with Crippen molar-refractivity contribution in [2.24, 2.45) is 0 Å². The van der Waals surface area contributed by atoms with Crippen molar-refractivity contribution in [1.82, 2.24) is 10.2 Å². The summed E-state index contributed by atoms with van der Waals surface area (Å²) in [6.07, 6.45) is 3.00. The summed E-state index contributed by atoms with van der Waals surface area (Å²) in [4.78, 5) is 25.3. The number of benzene rings is 1. The number of nitrogens with zero attached hydrogens (tertiary/aromatic N) is 1. The third kappa shape index (κ3) is 5.36. The highest BCUT2D eigenvalue weighted by Crippen LogP contribution is 2.32. The molecule has 0 radical (unpaired) electrons. The van der Waals surface area contributed by atoms with Gasteiger partial charge in [-0.15, -0.1) is 0 Å². The normalized spacial score (nSPS) is 17.9. The number of amides is 1. The van der Waals surface area contributed by atoms with Crippen LogP contribution in [0.3, 0.4) is 0 Å². The molecule has 1 heterocycles. The van der Waals surface area contributed by atoms with E-state index in [2.05, 4.69) is 46.1 Å². The minimum Gasteiger partial charge on any atom is -0.469 e. The Labute approximate surface area is 138 Å². The van der Waals surface area contributed by atoms with Gasteiger partial charge in [0.15, 0.2) is 0 Å². The van der Waals surface area contributed by atoms with E-state index in [0.717, 1.165) is 19.5 Å². The van der Waals surface area contributed by atoms with Crippen molar-refractivity contribution in [2.75, 3.05) is 26.7 Å². The number of rotatable bonds is 7. The third-order valence-corrected chi connectivity index (χ3v) is 4.30. The first kappa shape index (κ1) is 17.5. The molecule has 23 heavy (non-hydrogen) atoms. The first-order valence-electron chi connectivity index (χ1n) is 8.24. The van der Waals surface area contributed by atoms with Gasteiger partial charge in [0.2, 0.25) is 5.91 Å². The van der Waals surface area contributed by atoms with E-state index < -0.39 is 0 Å². The van der Waals surface area contributed by atoms with Gasteiger partial charge in [-0.05, 0) is 31.9 Å². The zero-order chi connectivity index (χ0) is 16.7. The van der Waals surface area contributed by atoms with Crippen LogP contribution in [0, 0.1) is 6.92 Å². The van der Waals surface area contributed by atoms with Gasteiger partial charge in [-0.25, -0.2) is 0 Å². The molecule has 1 N–H and O–H groups in total. The number of carbonyl (C=O) groups excluding carboxylic acids is 2. The van der Waals surface area contributed by atoms with Gasteiger partial charge in [0.1, 0.15) is 0 Å². The fourth-order valence-corrected chi connectivity index (χ4v) is 3.09. The van der Waals surface area contributed by atoms with Crippen LogP contribution in [0.4, 0.5) is 0 Å². The minimum atomic E-state index is -0.302. The molecule has 1 amide bonds. The molecule has 1 aromatic rings. The molecular weight excluding hydrogens is 292 g/mol. The molecule has 1 aliphatic rings. The molecule has 5 nitrogen and oxygen atoms in total. The summed E-state index contributed by atoms with van der Waals surface area (Å²) in [5.74, 6) is -0.312. The largest absolute Gasteiger partial charge is 0.469 e. The van der Waals surface area contributed by atoms with Gasteiger partial charge in [-0.3, -0.25) is 14.5 Å². The lowest BCUT2D eigenvalue weighted by Crippen LogP contribution is -2.31. The topological polar surface area (TPSA) is 58.6 Å². The minimum absolute atomic E-state index is 0.0104. The Bertz CT molecular complexity index is 545. The van der Waals surface area contributed by atoms with Crippen LogP contribution in [0.1, 0.15) is 42.9 Å². The van der Waals surface area contributed by atoms with E-state index in [4.69, 9.17) is 0 Å². The molecule has 0 saturated carbocycles. The van der Waals surface area contributed by atoms with Crippen molar-refractivity contribution >= 4 is 11.9 Å². The van der Waals surface area contributed by atoms with Gasteiger partial charge in [0, 0.05) is 25.6 Å². The Hall–Kier alpha value is -1.88. The number of hydrogen-bond acceptors (Lipinski definition) is 4. The smallest absolute Gasteiger partial charge is 0.307 e. The Morgan fingerprint density at radius 1 is 1.35 bits per heavy atom. The van der Waals surface area contributed by atoms with Crippen molar-refractivity contribution in [3.05, 3.63) is 35.4 Å². The summed E-state index contributed by atoms with van der Waals surface area (Å²) in [6.45, 7) is 4.24. The lowest BCUT2D eigenvalue weighted by Gasteiger charge is -2.24. The molecule has 126 valence electrons. The van der Waals surface area contributed by atoms with E-state index in [9.17, 15) is 9.59 Å². The number of aryl methyl sites for hydroxylation is 1. The predicted octanol–water partition coefficient (Wildman–Crippen LogP) is 2.20. The zero-order valence-corrected chi connectivity index (χ0v) is 14.0. The Kier molecular flexibility index (Phi) is 6.59. The number of esters is 1. The van der Waals surface area contributed by atoms with Crippen LogP contribution in [0.15, 0.2) is 24.3 Å². The Balaban J connectivity index is 1.78. The van der Waals surface area contributed by atoms with Crippen LogP contribution in [0.2, 0.25) is 0 Å². The maximum Gasteiger partial charge on any atom is 0.307 e. The fourth-order valence-electron chi connectivity index (χ4n) is 3.09. The number of nitrogens with one attached hydrogen (secondary N) is 1. The van der Waals surface area contributed by atoms with Gasteiger partial charge in [-0.2, -0.15) is 0 Å². The monoisotopic (exact) mass is 318 g/mol. The molecule has 2 rings (SSSR count). The molecule has 0 unspecified atom stereocenters. The van der Waals surface area contributed by atoms with Crippen LogP contribution in [-0.2, 0) is 14.3 Å². The van der Waals surface area contributed by atoms with Crippen molar-refractivity contribution in [1.29, 1.82) is 0 Å². The molecule has 1 aromatic carbocycles. The lowest BCUT2D eigenvalue weighted by atomic mass is 10.0. The average Bonchev–Trinajstić information content (AvgIpc) is 3.01. The van der Waals surface area contributed by atoms with Gasteiger partial charge < -0.3 is 10.1 Å². The third-order valence-electron chi connectivity index (χ3n) is 4.30. The quantitative estimate of drug-likeness (QED) is 0.783. The molecule has 0 bridgehead atoms. The molecule has 0 spiro atoms. The Morgan fingerprint density at radius 3 is 2.91 bits per heavy atom. The summed E-state index contributed by atoms with van der Waals surface area (Å²) in [5.41, 5.74) is 2.61. The van der Waals surface area contributed by atoms with Crippen LogP contribution in [0.25, 0.3) is 0 Å². The molecule has 5 heteroatoms. The summed E-state index contributed by atoms with van der Waals surface area (Å²) in [7, 11) is 1.35. The first-order chi connectivity index (χ1) is 11.1. The van der Waals surface area contributed by atoms with Crippen LogP contribution in [0.5, 0.6) is 0 Å². The molecule has 0 aromatic heterocycles. The second-order valence-electron chi connectivity index (χ2n) is 6.03. The zero-order valence-electron chi connectivity index (χ0n) is 14.0. The number of hydrogen-bond donors (Lipinski definition) is 1. The molecule has 1 aliphatic heterocycles. The van der Waals surface area contributed by atoms with Crippen LogP contribution in [-0.4, -0.2) is 43.5 Å². The number of carbonyl (C=O) groups is 2. The lowest BCUT2D eigenvalue weighted by molar-refractivity contribution is -0.140. The van der Waals surface area contributed by atoms with Crippen molar-refractivity contribution in [3.8, 4) is 0 Å². The highest BCUT2D eigenvalue weighted by Gasteiger charge is 2.26. The standard InChI is InChI=1S/C18H26N2O3/c1-14-5-3-6-15(13-14)16-7-4-11-20(16)12-9-17(21)19-10-8-18(22)23-2/h3,5-6,13,16H,4,7-12H2,1-2H3,(H,19,21)/t16-/m0/s1. The van der Waals surface area contributed by atoms with Crippen molar-refractivity contribution in [3.63, 3.8) is 0 Å². The highest BCUT2D eigenvalue weighted by molar-refractivity contribution is 5.77. The van der Waals surface area contributed by atoms with E-state index in [-0.39, 0.29) is 18.3 Å². The van der Waals surface area contributed by atoms with E-state index in [1.807, 2.05) is 0 Å². The second-order valence-corrected chi connectivity index (χ2v) is 6.03. The van der Waals surface area contributed by atoms with Gasteiger partial charge in [0.05, 0.1) is 13.5 Å². The van der Waals surface area contributed by atoms with E-state index in [1.54, 1.807) is 0 Å². The summed E-state index contributed by atoms with van der Waals surface area (Å²) >= 11 is 0. The maximum atomic E-state index is 11.9. The highest BCUT2D eigenvalue weighted by atomic mass is 16.5. The summed E-state index contributed by atoms with van der Waals surface area (Å²) < 4.78 is 4.55. The molecular formula is C18H26N2O3. The number of likely N-dealkylation sites (tertiary alicyclic amines) is 1. The molecule has 1 saturated heterocycles. The van der Waals surface area contributed by atoms with Crippen molar-refractivity contribution < 1.29 is 14.3 Å². The summed E-state index contributed by atoms with van der Waals surface area (Å²) in [5, 5.41) is 2.77. The first-order valence-corrected chi connectivity index (χ1v) is 8.24. The second kappa shape index (κ2) is 8.67. The number of ether oxygens (including phenoxy) is 1. The van der Waals surface area contributed by atoms with E-state index in [1.165, 1.54) is 24.7 Å². The van der Waals surface area contributed by atoms with Crippen LogP contribution < -0.4 is 5.32 Å². The predicted molar refractivity (Wildman–Crippen MR) is 89.0 cm³/mol. The van der Waals surface area contributed by atoms with E-state index >= 15 is 0 Å². The molecule has 0 aliphatic carbocycles. The van der Waals surface area contributed by atoms with E-state index in [0.29, 0.717) is 19.0 Å². The van der Waals surface area contributed by atoms with Crippen molar-refractivity contribution in [2.45, 2.75) is 38.6 Å². The van der Waals surface area contributed by atoms with Gasteiger partial charge in [0.25, 0.3) is 0 Å². The SMILES string of the molecule is COC(=O)CCNC(=O)CCN1CCC[C@H]1c1cccc(C)c1. The number of methoxy groups -OCH3 is 1. The van der Waals surface area contributed by atoms with Gasteiger partial charge >= 0.3 is 5.97 Å². The Morgan fingerprint density at radius 2 is 2.17 bits per heavy atom. The molecule has 1 atom stereocenters. The van der Waals surface area contributed by atoms with Crippen LogP contribution >= 0.6 is 0 Å². The average molecular weight is 318 g/mol. The molecule has 1 fully saturated rings. The van der Waals surface area contributed by atoms with Gasteiger partial charge in [-0.1, -0.05) is 29.8 Å². The summed E-state index contributed by atoms with van der Waals surface area (Å²) in [6, 6.07) is 9.03.